The smallest absolute Gasteiger partial charge is 0.320 e. The number of rotatable bonds is 0. The molecular formula is C13H14INO4. The number of esters is 2. The normalized spacial score (nSPS) is 20.3. The highest BCUT2D eigenvalue weighted by Crippen LogP contribution is 2.37. The number of halogens is 1. The zero-order valence-electron chi connectivity index (χ0n) is 10.3. The Balaban J connectivity index is 0.000000163. The third-order valence-corrected chi connectivity index (χ3v) is 3.52. The SMILES string of the molecule is Ic1cccnc1.O=C1CC(=O)OC2(CCCC2)O1. The van der Waals surface area contributed by atoms with Crippen molar-refractivity contribution in [1.29, 1.82) is 0 Å². The molecule has 1 aromatic heterocycles. The van der Waals surface area contributed by atoms with E-state index in [4.69, 9.17) is 9.47 Å². The Bertz CT molecular complexity index is 439. The molecule has 0 bridgehead atoms. The number of aromatic nitrogens is 1. The summed E-state index contributed by atoms with van der Waals surface area (Å²) in [5, 5.41) is 0. The van der Waals surface area contributed by atoms with E-state index >= 15 is 0 Å². The number of hydrogen-bond donors (Lipinski definition) is 0. The fourth-order valence-corrected chi connectivity index (χ4v) is 2.45. The molecule has 1 aromatic rings. The van der Waals surface area contributed by atoms with Gasteiger partial charge in [0.05, 0.1) is 0 Å². The molecule has 0 unspecified atom stereocenters. The van der Waals surface area contributed by atoms with E-state index in [-0.39, 0.29) is 6.42 Å². The average molecular weight is 375 g/mol. The van der Waals surface area contributed by atoms with E-state index in [1.54, 1.807) is 6.20 Å². The second-order valence-corrected chi connectivity index (χ2v) is 5.66. The highest BCUT2D eigenvalue weighted by atomic mass is 127. The van der Waals surface area contributed by atoms with Gasteiger partial charge in [-0.2, -0.15) is 0 Å². The summed E-state index contributed by atoms with van der Waals surface area (Å²) in [6, 6.07) is 3.93. The van der Waals surface area contributed by atoms with Crippen LogP contribution in [0, 0.1) is 3.57 Å². The van der Waals surface area contributed by atoms with Crippen molar-refractivity contribution in [2.75, 3.05) is 0 Å². The molecule has 3 rings (SSSR count). The number of pyridine rings is 1. The lowest BCUT2D eigenvalue weighted by Gasteiger charge is -2.31. The van der Waals surface area contributed by atoms with Gasteiger partial charge in [-0.15, -0.1) is 0 Å². The zero-order valence-corrected chi connectivity index (χ0v) is 12.5. The molecule has 2 heterocycles. The van der Waals surface area contributed by atoms with Crippen LogP contribution in [0.15, 0.2) is 24.5 Å². The number of carbonyl (C=O) groups is 2. The van der Waals surface area contributed by atoms with Crippen LogP contribution in [0.2, 0.25) is 0 Å². The van der Waals surface area contributed by atoms with Crippen LogP contribution in [-0.4, -0.2) is 22.7 Å². The van der Waals surface area contributed by atoms with Crippen molar-refractivity contribution in [2.45, 2.75) is 37.9 Å². The quantitative estimate of drug-likeness (QED) is 0.396. The molecule has 1 saturated heterocycles. The third-order valence-electron chi connectivity index (χ3n) is 2.88. The van der Waals surface area contributed by atoms with Gasteiger partial charge in [0.1, 0.15) is 6.42 Å². The average Bonchev–Trinajstić information content (AvgIpc) is 2.77. The van der Waals surface area contributed by atoms with Crippen LogP contribution >= 0.6 is 22.6 Å². The van der Waals surface area contributed by atoms with E-state index in [1.807, 2.05) is 18.3 Å². The van der Waals surface area contributed by atoms with Gasteiger partial charge in [0.15, 0.2) is 0 Å². The molecule has 6 heteroatoms. The summed E-state index contributed by atoms with van der Waals surface area (Å²) >= 11 is 2.22. The van der Waals surface area contributed by atoms with E-state index < -0.39 is 17.7 Å². The van der Waals surface area contributed by atoms with Crippen LogP contribution in [0.1, 0.15) is 32.1 Å². The van der Waals surface area contributed by atoms with Crippen molar-refractivity contribution in [2.24, 2.45) is 0 Å². The van der Waals surface area contributed by atoms with E-state index in [9.17, 15) is 9.59 Å². The van der Waals surface area contributed by atoms with Crippen molar-refractivity contribution in [1.82, 2.24) is 4.98 Å². The first-order chi connectivity index (χ1) is 9.10. The van der Waals surface area contributed by atoms with Crippen molar-refractivity contribution in [3.63, 3.8) is 0 Å². The lowest BCUT2D eigenvalue weighted by Crippen LogP contribution is -2.42. The number of ether oxygens (including phenoxy) is 2. The van der Waals surface area contributed by atoms with Gasteiger partial charge >= 0.3 is 11.9 Å². The van der Waals surface area contributed by atoms with Gasteiger partial charge in [-0.3, -0.25) is 14.6 Å². The molecule has 1 aliphatic heterocycles. The van der Waals surface area contributed by atoms with Crippen LogP contribution in [0.4, 0.5) is 0 Å². The van der Waals surface area contributed by atoms with Gasteiger partial charge in [-0.1, -0.05) is 0 Å². The van der Waals surface area contributed by atoms with E-state index in [1.165, 1.54) is 3.57 Å². The molecule has 0 radical (unpaired) electrons. The van der Waals surface area contributed by atoms with Crippen LogP contribution in [-0.2, 0) is 19.1 Å². The minimum absolute atomic E-state index is 0.234. The van der Waals surface area contributed by atoms with Crippen LogP contribution in [0.5, 0.6) is 0 Å². The Hall–Kier alpha value is -1.18. The lowest BCUT2D eigenvalue weighted by atomic mass is 10.2. The van der Waals surface area contributed by atoms with Crippen molar-refractivity contribution in [3.8, 4) is 0 Å². The second-order valence-electron chi connectivity index (χ2n) is 4.41. The molecule has 2 aliphatic rings. The maximum absolute atomic E-state index is 10.9. The summed E-state index contributed by atoms with van der Waals surface area (Å²) in [7, 11) is 0. The van der Waals surface area contributed by atoms with Gasteiger partial charge in [0.25, 0.3) is 5.79 Å². The summed E-state index contributed by atoms with van der Waals surface area (Å²) in [6.07, 6.45) is 6.58. The van der Waals surface area contributed by atoms with Gasteiger partial charge in [0, 0.05) is 28.8 Å². The molecule has 1 saturated carbocycles. The largest absolute Gasteiger partial charge is 0.422 e. The van der Waals surface area contributed by atoms with Gasteiger partial charge in [-0.25, -0.2) is 0 Å². The maximum atomic E-state index is 10.9. The Morgan fingerprint density at radius 3 is 2.21 bits per heavy atom. The zero-order chi connectivity index (χ0) is 13.7. The Morgan fingerprint density at radius 1 is 1.16 bits per heavy atom. The summed E-state index contributed by atoms with van der Waals surface area (Å²) in [4.78, 5) is 25.7. The number of hydrogen-bond acceptors (Lipinski definition) is 5. The van der Waals surface area contributed by atoms with E-state index in [0.717, 1.165) is 12.8 Å². The first kappa shape index (κ1) is 14.2. The van der Waals surface area contributed by atoms with Crippen molar-refractivity contribution >= 4 is 34.5 Å². The topological polar surface area (TPSA) is 65.5 Å². The summed E-state index contributed by atoms with van der Waals surface area (Å²) in [5.74, 6) is -1.78. The molecule has 0 atom stereocenters. The molecular weight excluding hydrogens is 361 g/mol. The fourth-order valence-electron chi connectivity index (χ4n) is 2.09. The minimum Gasteiger partial charge on any atom is -0.422 e. The molecule has 0 aromatic carbocycles. The van der Waals surface area contributed by atoms with E-state index in [0.29, 0.717) is 12.8 Å². The Morgan fingerprint density at radius 2 is 1.79 bits per heavy atom. The third kappa shape index (κ3) is 4.15. The predicted octanol–water partition coefficient (Wildman–Crippen LogP) is 2.43. The second kappa shape index (κ2) is 6.31. The summed E-state index contributed by atoms with van der Waals surface area (Å²) in [5.41, 5.74) is 0. The Labute approximate surface area is 124 Å². The number of nitrogens with zero attached hydrogens (tertiary/aromatic N) is 1. The summed E-state index contributed by atoms with van der Waals surface area (Å²) < 4.78 is 11.2. The first-order valence-electron chi connectivity index (χ1n) is 6.09. The molecule has 102 valence electrons. The monoisotopic (exact) mass is 375 g/mol. The summed E-state index contributed by atoms with van der Waals surface area (Å²) in [6.45, 7) is 0. The molecule has 2 fully saturated rings. The molecule has 0 amide bonds. The van der Waals surface area contributed by atoms with Gasteiger partial charge in [-0.05, 0) is 47.6 Å². The van der Waals surface area contributed by atoms with E-state index in [2.05, 4.69) is 27.6 Å². The highest BCUT2D eigenvalue weighted by molar-refractivity contribution is 14.1. The van der Waals surface area contributed by atoms with Crippen LogP contribution < -0.4 is 0 Å². The molecule has 19 heavy (non-hydrogen) atoms. The Kier molecular flexibility index (Phi) is 4.73. The minimum atomic E-state index is -0.883. The number of carbonyl (C=O) groups excluding carboxylic acids is 2. The van der Waals surface area contributed by atoms with Gasteiger partial charge in [0.2, 0.25) is 0 Å². The molecule has 0 N–H and O–H groups in total. The first-order valence-corrected chi connectivity index (χ1v) is 7.17. The van der Waals surface area contributed by atoms with Crippen molar-refractivity contribution < 1.29 is 19.1 Å². The van der Waals surface area contributed by atoms with Crippen molar-refractivity contribution in [3.05, 3.63) is 28.1 Å². The fraction of sp³-hybridized carbons (Fsp3) is 0.462. The predicted molar refractivity (Wildman–Crippen MR) is 75.0 cm³/mol. The maximum Gasteiger partial charge on any atom is 0.320 e. The van der Waals surface area contributed by atoms with Crippen LogP contribution in [0.25, 0.3) is 0 Å². The lowest BCUT2D eigenvalue weighted by molar-refractivity contribution is -0.241. The molecule has 1 spiro atoms. The molecule has 5 nitrogen and oxygen atoms in total. The molecule has 1 aliphatic carbocycles. The standard InChI is InChI=1S/C8H10O4.C5H4IN/c9-6-5-7(10)12-8(11-6)3-1-2-4-8;6-5-2-1-3-7-4-5/h1-5H2;1-4H. The highest BCUT2D eigenvalue weighted by Gasteiger charge is 2.45. The van der Waals surface area contributed by atoms with Crippen LogP contribution in [0.3, 0.4) is 0 Å². The van der Waals surface area contributed by atoms with Gasteiger partial charge < -0.3 is 9.47 Å².